The average Bonchev–Trinajstić information content (AvgIpc) is 2.47. The lowest BCUT2D eigenvalue weighted by Crippen LogP contribution is -2.46. The Balaban J connectivity index is 2.04. The maximum atomic E-state index is 12.5. The first kappa shape index (κ1) is 15.3. The second-order valence-corrected chi connectivity index (χ2v) is 4.80. The minimum Gasteiger partial charge on any atom is -0.494 e. The van der Waals surface area contributed by atoms with Crippen LogP contribution in [0.1, 0.15) is 23.7 Å². The Morgan fingerprint density at radius 2 is 2.29 bits per heavy atom. The van der Waals surface area contributed by atoms with Crippen LogP contribution in [0.4, 0.5) is 0 Å². The van der Waals surface area contributed by atoms with Crippen LogP contribution in [0.3, 0.4) is 0 Å². The van der Waals surface area contributed by atoms with E-state index in [0.29, 0.717) is 37.6 Å². The molecule has 2 rings (SSSR count). The van der Waals surface area contributed by atoms with E-state index >= 15 is 0 Å². The van der Waals surface area contributed by atoms with Crippen molar-refractivity contribution in [3.63, 3.8) is 0 Å². The SMILES string of the molecule is CCOc1cccc(C(=O)N2CCOC(CC(=O)O)C2)c1. The van der Waals surface area contributed by atoms with Crippen molar-refractivity contribution in [1.82, 2.24) is 4.90 Å². The van der Waals surface area contributed by atoms with Crippen molar-refractivity contribution in [1.29, 1.82) is 0 Å². The zero-order chi connectivity index (χ0) is 15.2. The highest BCUT2D eigenvalue weighted by atomic mass is 16.5. The molecule has 0 bridgehead atoms. The van der Waals surface area contributed by atoms with Gasteiger partial charge in [0.05, 0.1) is 25.7 Å². The van der Waals surface area contributed by atoms with Gasteiger partial charge in [0.25, 0.3) is 5.91 Å². The predicted molar refractivity (Wildman–Crippen MR) is 75.5 cm³/mol. The molecule has 1 unspecified atom stereocenters. The van der Waals surface area contributed by atoms with E-state index < -0.39 is 12.1 Å². The molecule has 1 fully saturated rings. The number of rotatable bonds is 5. The van der Waals surface area contributed by atoms with E-state index in [2.05, 4.69) is 0 Å². The predicted octanol–water partition coefficient (Wildman–Crippen LogP) is 1.40. The van der Waals surface area contributed by atoms with Gasteiger partial charge in [-0.2, -0.15) is 0 Å². The first-order chi connectivity index (χ1) is 10.1. The second-order valence-electron chi connectivity index (χ2n) is 4.80. The second kappa shape index (κ2) is 7.08. The van der Waals surface area contributed by atoms with Gasteiger partial charge in [-0.1, -0.05) is 6.07 Å². The number of aliphatic carboxylic acids is 1. The highest BCUT2D eigenvalue weighted by Gasteiger charge is 2.26. The third-order valence-corrected chi connectivity index (χ3v) is 3.22. The molecule has 0 aliphatic carbocycles. The molecular weight excluding hydrogens is 274 g/mol. The van der Waals surface area contributed by atoms with Crippen molar-refractivity contribution in [2.24, 2.45) is 0 Å². The maximum Gasteiger partial charge on any atom is 0.306 e. The standard InChI is InChI=1S/C15H19NO5/c1-2-20-12-5-3-4-11(8-12)15(19)16-6-7-21-13(10-16)9-14(17)18/h3-5,8,13H,2,6-7,9-10H2,1H3,(H,17,18). The molecule has 1 amide bonds. The number of carboxylic acid groups (broad SMARTS) is 1. The van der Waals surface area contributed by atoms with E-state index in [0.717, 1.165) is 0 Å². The topological polar surface area (TPSA) is 76.1 Å². The summed E-state index contributed by atoms with van der Waals surface area (Å²) in [4.78, 5) is 24.8. The van der Waals surface area contributed by atoms with E-state index in [9.17, 15) is 9.59 Å². The van der Waals surface area contributed by atoms with Gasteiger partial charge in [-0.15, -0.1) is 0 Å². The number of amides is 1. The molecule has 6 heteroatoms. The molecule has 1 aliphatic heterocycles. The summed E-state index contributed by atoms with van der Waals surface area (Å²) in [5.74, 6) is -0.401. The van der Waals surface area contributed by atoms with E-state index in [1.54, 1.807) is 29.2 Å². The molecule has 114 valence electrons. The quantitative estimate of drug-likeness (QED) is 0.888. The molecule has 1 aromatic rings. The smallest absolute Gasteiger partial charge is 0.306 e. The summed E-state index contributed by atoms with van der Waals surface area (Å²) in [6.45, 7) is 3.54. The molecule has 1 heterocycles. The normalized spacial score (nSPS) is 18.3. The largest absolute Gasteiger partial charge is 0.494 e. The fourth-order valence-corrected chi connectivity index (χ4v) is 2.29. The van der Waals surface area contributed by atoms with Crippen molar-refractivity contribution in [2.75, 3.05) is 26.3 Å². The minimum atomic E-state index is -0.923. The molecule has 1 aromatic carbocycles. The van der Waals surface area contributed by atoms with Gasteiger partial charge in [0.15, 0.2) is 0 Å². The van der Waals surface area contributed by atoms with E-state index in [1.807, 2.05) is 6.92 Å². The summed E-state index contributed by atoms with van der Waals surface area (Å²) in [6.07, 6.45) is -0.543. The summed E-state index contributed by atoms with van der Waals surface area (Å²) in [5, 5.41) is 8.80. The molecule has 1 N–H and O–H groups in total. The van der Waals surface area contributed by atoms with Gasteiger partial charge in [0.1, 0.15) is 5.75 Å². The summed E-state index contributed by atoms with van der Waals surface area (Å²) in [6, 6.07) is 7.00. The number of hydrogen-bond donors (Lipinski definition) is 1. The summed E-state index contributed by atoms with van der Waals surface area (Å²) in [5.41, 5.74) is 0.539. The molecule has 0 radical (unpaired) electrons. The zero-order valence-corrected chi connectivity index (χ0v) is 11.9. The number of carboxylic acids is 1. The lowest BCUT2D eigenvalue weighted by molar-refractivity contribution is -0.141. The van der Waals surface area contributed by atoms with E-state index in [4.69, 9.17) is 14.6 Å². The van der Waals surface area contributed by atoms with Crippen LogP contribution in [0.5, 0.6) is 5.75 Å². The van der Waals surface area contributed by atoms with Crippen LogP contribution in [0.25, 0.3) is 0 Å². The number of hydrogen-bond acceptors (Lipinski definition) is 4. The Morgan fingerprint density at radius 3 is 3.00 bits per heavy atom. The molecule has 6 nitrogen and oxygen atoms in total. The molecule has 0 spiro atoms. The average molecular weight is 293 g/mol. The number of carbonyl (C=O) groups excluding carboxylic acids is 1. The van der Waals surface area contributed by atoms with Crippen molar-refractivity contribution >= 4 is 11.9 Å². The first-order valence-corrected chi connectivity index (χ1v) is 6.95. The van der Waals surface area contributed by atoms with Crippen molar-refractivity contribution in [3.05, 3.63) is 29.8 Å². The molecule has 1 saturated heterocycles. The third kappa shape index (κ3) is 4.19. The summed E-state index contributed by atoms with van der Waals surface area (Å²) < 4.78 is 10.8. The Bertz CT molecular complexity index is 517. The Labute approximate surface area is 123 Å². The lowest BCUT2D eigenvalue weighted by Gasteiger charge is -2.32. The molecule has 0 aromatic heterocycles. The van der Waals surface area contributed by atoms with Gasteiger partial charge >= 0.3 is 5.97 Å². The van der Waals surface area contributed by atoms with Gasteiger partial charge in [0, 0.05) is 18.7 Å². The van der Waals surface area contributed by atoms with Crippen LogP contribution in [-0.4, -0.2) is 54.3 Å². The van der Waals surface area contributed by atoms with Gasteiger partial charge in [-0.3, -0.25) is 9.59 Å². The number of carbonyl (C=O) groups is 2. The zero-order valence-electron chi connectivity index (χ0n) is 11.9. The van der Waals surface area contributed by atoms with Crippen LogP contribution < -0.4 is 4.74 Å². The van der Waals surface area contributed by atoms with Gasteiger partial charge < -0.3 is 19.5 Å². The number of ether oxygens (including phenoxy) is 2. The van der Waals surface area contributed by atoms with Gasteiger partial charge in [0.2, 0.25) is 0 Å². The Kier molecular flexibility index (Phi) is 5.16. The third-order valence-electron chi connectivity index (χ3n) is 3.22. The van der Waals surface area contributed by atoms with Gasteiger partial charge in [-0.05, 0) is 25.1 Å². The van der Waals surface area contributed by atoms with Crippen molar-refractivity contribution in [2.45, 2.75) is 19.4 Å². The van der Waals surface area contributed by atoms with Crippen LogP contribution >= 0.6 is 0 Å². The van der Waals surface area contributed by atoms with Crippen LogP contribution in [0.15, 0.2) is 24.3 Å². The number of morpholine rings is 1. The fraction of sp³-hybridized carbons (Fsp3) is 0.467. The lowest BCUT2D eigenvalue weighted by atomic mass is 10.1. The number of nitrogens with zero attached hydrogens (tertiary/aromatic N) is 1. The molecule has 1 aliphatic rings. The number of benzene rings is 1. The van der Waals surface area contributed by atoms with Crippen LogP contribution in [0.2, 0.25) is 0 Å². The molecule has 0 saturated carbocycles. The molecule has 21 heavy (non-hydrogen) atoms. The monoisotopic (exact) mass is 293 g/mol. The highest BCUT2D eigenvalue weighted by Crippen LogP contribution is 2.17. The Hall–Kier alpha value is -2.08. The van der Waals surface area contributed by atoms with E-state index in [-0.39, 0.29) is 12.3 Å². The highest BCUT2D eigenvalue weighted by molar-refractivity contribution is 5.94. The first-order valence-electron chi connectivity index (χ1n) is 6.95. The van der Waals surface area contributed by atoms with E-state index in [1.165, 1.54) is 0 Å². The van der Waals surface area contributed by atoms with Crippen molar-refractivity contribution < 1.29 is 24.2 Å². The maximum absolute atomic E-state index is 12.5. The Morgan fingerprint density at radius 1 is 1.48 bits per heavy atom. The van der Waals surface area contributed by atoms with Crippen LogP contribution in [-0.2, 0) is 9.53 Å². The van der Waals surface area contributed by atoms with Crippen LogP contribution in [0, 0.1) is 0 Å². The summed E-state index contributed by atoms with van der Waals surface area (Å²) >= 11 is 0. The molecule has 1 atom stereocenters. The fourth-order valence-electron chi connectivity index (χ4n) is 2.29. The van der Waals surface area contributed by atoms with Gasteiger partial charge in [-0.25, -0.2) is 0 Å². The minimum absolute atomic E-state index is 0.0945. The summed E-state index contributed by atoms with van der Waals surface area (Å²) in [7, 11) is 0. The van der Waals surface area contributed by atoms with Crippen molar-refractivity contribution in [3.8, 4) is 5.75 Å². The molecular formula is C15H19NO5.